The van der Waals surface area contributed by atoms with E-state index in [0.29, 0.717) is 6.20 Å². The van der Waals surface area contributed by atoms with Crippen molar-refractivity contribution in [1.29, 1.82) is 0 Å². The number of hydrogen-bond acceptors (Lipinski definition) is 3. The molecule has 0 saturated heterocycles. The van der Waals surface area contributed by atoms with Crippen molar-refractivity contribution < 1.29 is 23.1 Å². The van der Waals surface area contributed by atoms with Gasteiger partial charge in [-0.1, -0.05) is 0 Å². The molecule has 8 heteroatoms. The predicted molar refractivity (Wildman–Crippen MR) is 53.3 cm³/mol. The van der Waals surface area contributed by atoms with Gasteiger partial charge in [-0.25, -0.2) is 14.5 Å². The lowest BCUT2D eigenvalue weighted by atomic mass is 10.3. The molecule has 0 aliphatic carbocycles. The summed E-state index contributed by atoms with van der Waals surface area (Å²) in [6.45, 7) is 0. The van der Waals surface area contributed by atoms with Crippen LogP contribution in [0, 0.1) is 0 Å². The molecular weight excluding hydrogens is 251 g/mol. The van der Waals surface area contributed by atoms with Crippen LogP contribution in [0.25, 0.3) is 5.82 Å². The first-order chi connectivity index (χ1) is 8.38. The van der Waals surface area contributed by atoms with Crippen LogP contribution in [-0.4, -0.2) is 25.8 Å². The maximum Gasteiger partial charge on any atom is 0.417 e. The monoisotopic (exact) mass is 257 g/mol. The van der Waals surface area contributed by atoms with Gasteiger partial charge in [0.2, 0.25) is 0 Å². The molecule has 2 aromatic heterocycles. The lowest BCUT2D eigenvalue weighted by Crippen LogP contribution is -2.07. The van der Waals surface area contributed by atoms with Crippen molar-refractivity contribution in [2.45, 2.75) is 6.18 Å². The van der Waals surface area contributed by atoms with Crippen LogP contribution in [0.2, 0.25) is 0 Å². The summed E-state index contributed by atoms with van der Waals surface area (Å²) in [4.78, 5) is 14.2. The van der Waals surface area contributed by atoms with Crippen LogP contribution in [0.3, 0.4) is 0 Å². The minimum Gasteiger partial charge on any atom is -0.476 e. The maximum absolute atomic E-state index is 12.3. The Bertz CT molecular complexity index is 575. The fraction of sp³-hybridized carbons (Fsp3) is 0.100. The second kappa shape index (κ2) is 4.13. The number of rotatable bonds is 2. The Balaban J connectivity index is 2.31. The van der Waals surface area contributed by atoms with E-state index in [1.54, 1.807) is 0 Å². The van der Waals surface area contributed by atoms with Crippen LogP contribution in [0.15, 0.2) is 30.6 Å². The van der Waals surface area contributed by atoms with E-state index in [4.69, 9.17) is 5.11 Å². The second-order valence-electron chi connectivity index (χ2n) is 3.35. The van der Waals surface area contributed by atoms with Gasteiger partial charge < -0.3 is 5.11 Å². The predicted octanol–water partition coefficient (Wildman–Crippen LogP) is 1.98. The Labute approximate surface area is 98.5 Å². The molecule has 0 aliphatic heterocycles. The minimum atomic E-state index is -4.46. The Kier molecular flexibility index (Phi) is 2.77. The Hall–Kier alpha value is -2.38. The minimum absolute atomic E-state index is 0.107. The number of aromatic nitrogens is 3. The van der Waals surface area contributed by atoms with Crippen LogP contribution in [0.1, 0.15) is 16.1 Å². The summed E-state index contributed by atoms with van der Waals surface area (Å²) in [5.74, 6) is -1.11. The average Bonchev–Trinajstić information content (AvgIpc) is 2.77. The summed E-state index contributed by atoms with van der Waals surface area (Å²) in [7, 11) is 0. The Morgan fingerprint density at radius 1 is 1.28 bits per heavy atom. The molecule has 2 rings (SSSR count). The Morgan fingerprint density at radius 2 is 2.00 bits per heavy atom. The van der Waals surface area contributed by atoms with Crippen molar-refractivity contribution in [2.24, 2.45) is 0 Å². The molecule has 0 radical (unpaired) electrons. The number of halogens is 3. The van der Waals surface area contributed by atoms with Crippen molar-refractivity contribution in [2.75, 3.05) is 0 Å². The smallest absolute Gasteiger partial charge is 0.417 e. The number of carboxylic acids is 1. The molecule has 0 fully saturated rings. The van der Waals surface area contributed by atoms with Crippen LogP contribution >= 0.6 is 0 Å². The van der Waals surface area contributed by atoms with Gasteiger partial charge in [-0.15, -0.1) is 0 Å². The first-order valence-corrected chi connectivity index (χ1v) is 4.70. The van der Waals surface area contributed by atoms with E-state index in [1.165, 1.54) is 12.3 Å². The zero-order valence-electron chi connectivity index (χ0n) is 8.72. The van der Waals surface area contributed by atoms with Crippen molar-refractivity contribution >= 4 is 5.97 Å². The van der Waals surface area contributed by atoms with Gasteiger partial charge in [-0.05, 0) is 18.2 Å². The first-order valence-electron chi connectivity index (χ1n) is 4.70. The number of alkyl halides is 3. The van der Waals surface area contributed by atoms with Crippen molar-refractivity contribution in [3.8, 4) is 5.82 Å². The van der Waals surface area contributed by atoms with Gasteiger partial charge in [0, 0.05) is 12.4 Å². The second-order valence-corrected chi connectivity index (χ2v) is 3.35. The maximum atomic E-state index is 12.3. The van der Waals surface area contributed by atoms with E-state index < -0.39 is 17.7 Å². The highest BCUT2D eigenvalue weighted by Crippen LogP contribution is 2.28. The third-order valence-corrected chi connectivity index (χ3v) is 2.12. The quantitative estimate of drug-likeness (QED) is 0.893. The summed E-state index contributed by atoms with van der Waals surface area (Å²) in [5, 5.41) is 12.3. The first kappa shape index (κ1) is 12.1. The highest BCUT2D eigenvalue weighted by Gasteiger charge is 2.30. The lowest BCUT2D eigenvalue weighted by Gasteiger charge is -2.06. The zero-order valence-corrected chi connectivity index (χ0v) is 8.72. The van der Waals surface area contributed by atoms with Crippen LogP contribution in [0.4, 0.5) is 13.2 Å². The summed E-state index contributed by atoms with van der Waals surface area (Å²) in [6.07, 6.45) is -2.49. The average molecular weight is 257 g/mol. The lowest BCUT2D eigenvalue weighted by molar-refractivity contribution is -0.137. The molecule has 5 nitrogen and oxygen atoms in total. The molecular formula is C10H6F3N3O2. The van der Waals surface area contributed by atoms with Crippen molar-refractivity contribution in [1.82, 2.24) is 14.8 Å². The molecule has 2 aromatic rings. The fourth-order valence-corrected chi connectivity index (χ4v) is 1.25. The van der Waals surface area contributed by atoms with Gasteiger partial charge in [0.25, 0.3) is 0 Å². The highest BCUT2D eigenvalue weighted by atomic mass is 19.4. The summed E-state index contributed by atoms with van der Waals surface area (Å²) in [5.41, 5.74) is -1.09. The van der Waals surface area contributed by atoms with Crippen LogP contribution in [-0.2, 0) is 6.18 Å². The molecule has 0 amide bonds. The van der Waals surface area contributed by atoms with E-state index >= 15 is 0 Å². The van der Waals surface area contributed by atoms with E-state index in [9.17, 15) is 18.0 Å². The highest BCUT2D eigenvalue weighted by molar-refractivity contribution is 5.85. The standard InChI is InChI=1S/C10H6F3N3O2/c11-10(12,13)6-1-2-8(14-5-6)16-4-3-7(15-16)9(17)18/h1-5H,(H,17,18). The van der Waals surface area contributed by atoms with E-state index in [1.807, 2.05) is 0 Å². The summed E-state index contributed by atoms with van der Waals surface area (Å²) >= 11 is 0. The van der Waals surface area contributed by atoms with Gasteiger partial charge in [0.15, 0.2) is 11.5 Å². The molecule has 0 atom stereocenters. The van der Waals surface area contributed by atoms with Crippen LogP contribution < -0.4 is 0 Å². The van der Waals surface area contributed by atoms with Crippen LogP contribution in [0.5, 0.6) is 0 Å². The summed E-state index contributed by atoms with van der Waals surface area (Å²) in [6, 6.07) is 3.19. The normalized spacial score (nSPS) is 11.5. The number of hydrogen-bond donors (Lipinski definition) is 1. The number of carbonyl (C=O) groups is 1. The van der Waals surface area contributed by atoms with Crippen molar-refractivity contribution in [3.63, 3.8) is 0 Å². The van der Waals surface area contributed by atoms with Gasteiger partial charge in [0.1, 0.15) is 0 Å². The van der Waals surface area contributed by atoms with E-state index in [-0.39, 0.29) is 11.5 Å². The topological polar surface area (TPSA) is 68.0 Å². The SMILES string of the molecule is O=C(O)c1ccn(-c2ccc(C(F)(F)F)cn2)n1. The third-order valence-electron chi connectivity index (χ3n) is 2.12. The molecule has 0 bridgehead atoms. The van der Waals surface area contributed by atoms with Gasteiger partial charge >= 0.3 is 12.1 Å². The van der Waals surface area contributed by atoms with E-state index in [2.05, 4.69) is 10.1 Å². The van der Waals surface area contributed by atoms with E-state index in [0.717, 1.165) is 16.8 Å². The zero-order chi connectivity index (χ0) is 13.3. The molecule has 94 valence electrons. The van der Waals surface area contributed by atoms with Gasteiger partial charge in [-0.2, -0.15) is 18.3 Å². The number of pyridine rings is 1. The molecule has 1 N–H and O–H groups in total. The third kappa shape index (κ3) is 2.31. The Morgan fingerprint density at radius 3 is 2.44 bits per heavy atom. The van der Waals surface area contributed by atoms with Gasteiger partial charge in [0.05, 0.1) is 5.56 Å². The largest absolute Gasteiger partial charge is 0.476 e. The molecule has 0 spiro atoms. The molecule has 0 unspecified atom stereocenters. The molecule has 0 aliphatic rings. The van der Waals surface area contributed by atoms with Gasteiger partial charge in [-0.3, -0.25) is 0 Å². The number of carboxylic acid groups (broad SMARTS) is 1. The molecule has 0 saturated carbocycles. The van der Waals surface area contributed by atoms with Crippen molar-refractivity contribution in [3.05, 3.63) is 41.9 Å². The molecule has 18 heavy (non-hydrogen) atoms. The summed E-state index contributed by atoms with van der Waals surface area (Å²) < 4.78 is 38.0. The number of aromatic carboxylic acids is 1. The number of nitrogens with zero attached hydrogens (tertiary/aromatic N) is 3. The molecule has 0 aromatic carbocycles. The molecule has 2 heterocycles. The fourth-order valence-electron chi connectivity index (χ4n) is 1.25.